The number of carbonyl (C=O) groups excluding carboxylic acids is 1. The quantitative estimate of drug-likeness (QED) is 0.667. The van der Waals surface area contributed by atoms with Gasteiger partial charge in [0.1, 0.15) is 0 Å². The molecule has 0 aliphatic rings. The molecule has 98 valence electrons. The second kappa shape index (κ2) is 4.76. The third-order valence-electron chi connectivity index (χ3n) is 2.68. The lowest BCUT2D eigenvalue weighted by molar-refractivity contribution is -0.137. The van der Waals surface area contributed by atoms with Gasteiger partial charge < -0.3 is 5.73 Å². The molecule has 2 rings (SSSR count). The average Bonchev–Trinajstić information content (AvgIpc) is 2.37. The predicted molar refractivity (Wildman–Crippen MR) is 65.7 cm³/mol. The molecular weight excluding hydrogens is 255 g/mol. The van der Waals surface area contributed by atoms with Gasteiger partial charge in [-0.3, -0.25) is 4.79 Å². The van der Waals surface area contributed by atoms with Crippen LogP contribution in [0.2, 0.25) is 0 Å². The number of carbonyl (C=O) groups is 1. The van der Waals surface area contributed by atoms with Crippen LogP contribution >= 0.6 is 0 Å². The number of rotatable bonds is 2. The first kappa shape index (κ1) is 13.1. The molecule has 0 saturated heterocycles. The number of nitrogen functional groups attached to an aromatic ring is 1. The molecule has 0 spiro atoms. The Labute approximate surface area is 107 Å². The fourth-order valence-corrected chi connectivity index (χ4v) is 1.78. The van der Waals surface area contributed by atoms with E-state index in [-0.39, 0.29) is 11.3 Å². The van der Waals surface area contributed by atoms with Gasteiger partial charge in [0, 0.05) is 16.8 Å². The minimum Gasteiger partial charge on any atom is -0.398 e. The number of halogens is 3. The standard InChI is InChI=1S/C14H10F3NO/c15-14(16,17)11-7-3-1-5-9(11)13(19)10-6-2-4-8-12(10)18/h1-8H,18H2. The number of alkyl halides is 3. The van der Waals surface area contributed by atoms with Crippen LogP contribution in [0.15, 0.2) is 48.5 Å². The van der Waals surface area contributed by atoms with Crippen LogP contribution in [-0.4, -0.2) is 5.78 Å². The monoisotopic (exact) mass is 265 g/mol. The van der Waals surface area contributed by atoms with E-state index in [4.69, 9.17) is 5.73 Å². The normalized spacial score (nSPS) is 11.3. The van der Waals surface area contributed by atoms with Gasteiger partial charge in [-0.25, -0.2) is 0 Å². The number of ketones is 1. The van der Waals surface area contributed by atoms with Crippen molar-refractivity contribution in [3.8, 4) is 0 Å². The van der Waals surface area contributed by atoms with Gasteiger partial charge in [-0.05, 0) is 18.2 Å². The number of para-hydroxylation sites is 1. The van der Waals surface area contributed by atoms with Crippen molar-refractivity contribution in [3.05, 3.63) is 65.2 Å². The van der Waals surface area contributed by atoms with Crippen LogP contribution in [0.1, 0.15) is 21.5 Å². The minimum atomic E-state index is -4.57. The molecule has 0 aliphatic heterocycles. The summed E-state index contributed by atoms with van der Waals surface area (Å²) in [5.74, 6) is -0.731. The summed E-state index contributed by atoms with van der Waals surface area (Å²) in [6.45, 7) is 0. The molecule has 0 aromatic heterocycles. The lowest BCUT2D eigenvalue weighted by atomic mass is 9.97. The Morgan fingerprint density at radius 1 is 0.895 bits per heavy atom. The zero-order chi connectivity index (χ0) is 14.0. The zero-order valence-corrected chi connectivity index (χ0v) is 9.74. The maximum Gasteiger partial charge on any atom is 0.417 e. The Kier molecular flexibility index (Phi) is 3.29. The highest BCUT2D eigenvalue weighted by Gasteiger charge is 2.35. The van der Waals surface area contributed by atoms with E-state index < -0.39 is 23.1 Å². The smallest absolute Gasteiger partial charge is 0.398 e. The largest absolute Gasteiger partial charge is 0.417 e. The van der Waals surface area contributed by atoms with Crippen LogP contribution in [0.3, 0.4) is 0 Å². The molecule has 2 aromatic carbocycles. The maximum absolute atomic E-state index is 12.8. The third kappa shape index (κ3) is 2.59. The van der Waals surface area contributed by atoms with E-state index in [2.05, 4.69) is 0 Å². The Morgan fingerprint density at radius 3 is 2.00 bits per heavy atom. The van der Waals surface area contributed by atoms with Gasteiger partial charge in [-0.15, -0.1) is 0 Å². The van der Waals surface area contributed by atoms with Crippen LogP contribution in [0.4, 0.5) is 18.9 Å². The highest BCUT2D eigenvalue weighted by Crippen LogP contribution is 2.33. The fraction of sp³-hybridized carbons (Fsp3) is 0.0714. The molecule has 0 saturated carbocycles. The summed E-state index contributed by atoms with van der Waals surface area (Å²) in [4.78, 5) is 12.2. The summed E-state index contributed by atoms with van der Waals surface area (Å²) in [7, 11) is 0. The van der Waals surface area contributed by atoms with Gasteiger partial charge in [0.15, 0.2) is 5.78 Å². The molecule has 5 heteroatoms. The second-order valence-corrected chi connectivity index (χ2v) is 3.96. The van der Waals surface area contributed by atoms with Gasteiger partial charge in [0.25, 0.3) is 0 Å². The maximum atomic E-state index is 12.8. The lowest BCUT2D eigenvalue weighted by Gasteiger charge is -2.12. The molecule has 2 nitrogen and oxygen atoms in total. The second-order valence-electron chi connectivity index (χ2n) is 3.96. The summed E-state index contributed by atoms with van der Waals surface area (Å²) >= 11 is 0. The molecule has 0 heterocycles. The number of anilines is 1. The van der Waals surface area contributed by atoms with E-state index in [0.29, 0.717) is 0 Å². The van der Waals surface area contributed by atoms with E-state index in [1.165, 1.54) is 24.3 Å². The van der Waals surface area contributed by atoms with E-state index in [1.807, 2.05) is 0 Å². The molecule has 2 N–H and O–H groups in total. The summed E-state index contributed by atoms with van der Waals surface area (Å²) in [5.41, 5.74) is 4.49. The predicted octanol–water partition coefficient (Wildman–Crippen LogP) is 3.52. The van der Waals surface area contributed by atoms with E-state index >= 15 is 0 Å². The first-order valence-corrected chi connectivity index (χ1v) is 5.46. The van der Waals surface area contributed by atoms with Gasteiger partial charge in [-0.2, -0.15) is 13.2 Å². The molecule has 0 fully saturated rings. The van der Waals surface area contributed by atoms with Crippen molar-refractivity contribution >= 4 is 11.5 Å². The van der Waals surface area contributed by atoms with Crippen LogP contribution in [0.25, 0.3) is 0 Å². The summed E-state index contributed by atoms with van der Waals surface area (Å²) in [6.07, 6.45) is -4.57. The van der Waals surface area contributed by atoms with Crippen molar-refractivity contribution in [2.45, 2.75) is 6.18 Å². The van der Waals surface area contributed by atoms with Crippen LogP contribution in [-0.2, 0) is 6.18 Å². The Balaban J connectivity index is 2.55. The number of hydrogen-bond donors (Lipinski definition) is 1. The highest BCUT2D eigenvalue weighted by molar-refractivity contribution is 6.12. The summed E-state index contributed by atoms with van der Waals surface area (Å²) < 4.78 is 38.5. The molecule has 0 radical (unpaired) electrons. The molecule has 2 aromatic rings. The average molecular weight is 265 g/mol. The van der Waals surface area contributed by atoms with Crippen molar-refractivity contribution in [1.82, 2.24) is 0 Å². The number of nitrogens with two attached hydrogens (primary N) is 1. The minimum absolute atomic E-state index is 0.0687. The van der Waals surface area contributed by atoms with Crippen molar-refractivity contribution in [2.75, 3.05) is 5.73 Å². The first-order chi connectivity index (χ1) is 8.91. The molecule has 0 unspecified atom stereocenters. The molecule has 19 heavy (non-hydrogen) atoms. The topological polar surface area (TPSA) is 43.1 Å². The fourth-order valence-electron chi connectivity index (χ4n) is 1.78. The van der Waals surface area contributed by atoms with Gasteiger partial charge in [0.05, 0.1) is 5.56 Å². The van der Waals surface area contributed by atoms with Gasteiger partial charge in [0.2, 0.25) is 0 Å². The van der Waals surface area contributed by atoms with Crippen molar-refractivity contribution in [1.29, 1.82) is 0 Å². The highest BCUT2D eigenvalue weighted by atomic mass is 19.4. The first-order valence-electron chi connectivity index (χ1n) is 5.46. The Morgan fingerprint density at radius 2 is 1.42 bits per heavy atom. The van der Waals surface area contributed by atoms with Gasteiger partial charge >= 0.3 is 6.18 Å². The molecule has 0 aliphatic carbocycles. The van der Waals surface area contributed by atoms with Crippen molar-refractivity contribution in [3.63, 3.8) is 0 Å². The molecule has 0 bridgehead atoms. The third-order valence-corrected chi connectivity index (χ3v) is 2.68. The Bertz CT molecular complexity index is 620. The molecule has 0 amide bonds. The SMILES string of the molecule is Nc1ccccc1C(=O)c1ccccc1C(F)(F)F. The van der Waals surface area contributed by atoms with Crippen LogP contribution in [0, 0.1) is 0 Å². The molecular formula is C14H10F3NO. The van der Waals surface area contributed by atoms with Crippen LogP contribution in [0.5, 0.6) is 0 Å². The summed E-state index contributed by atoms with van der Waals surface area (Å²) in [5, 5.41) is 0. The number of benzene rings is 2. The van der Waals surface area contributed by atoms with E-state index in [1.54, 1.807) is 12.1 Å². The van der Waals surface area contributed by atoms with Gasteiger partial charge in [-0.1, -0.05) is 30.3 Å². The van der Waals surface area contributed by atoms with Crippen molar-refractivity contribution in [2.24, 2.45) is 0 Å². The lowest BCUT2D eigenvalue weighted by Crippen LogP contribution is -2.14. The zero-order valence-electron chi connectivity index (χ0n) is 9.74. The summed E-state index contributed by atoms with van der Waals surface area (Å²) in [6, 6.07) is 10.7. The van der Waals surface area contributed by atoms with Crippen LogP contribution < -0.4 is 5.73 Å². The van der Waals surface area contributed by atoms with Crippen molar-refractivity contribution < 1.29 is 18.0 Å². The molecule has 0 atom stereocenters. The van der Waals surface area contributed by atoms with E-state index in [9.17, 15) is 18.0 Å². The number of hydrogen-bond acceptors (Lipinski definition) is 2. The Hall–Kier alpha value is -2.30. The van der Waals surface area contributed by atoms with E-state index in [0.717, 1.165) is 12.1 Å².